The molecule has 0 unspecified atom stereocenters. The number of nitrogens with one attached hydrogen (secondary N) is 1. The van der Waals surface area contributed by atoms with Crippen LogP contribution in [0.2, 0.25) is 0 Å². The molecule has 0 aliphatic heterocycles. The molecule has 2 aliphatic rings. The van der Waals surface area contributed by atoms with Gasteiger partial charge in [0.25, 0.3) is 0 Å². The molecule has 0 spiro atoms. The average Bonchev–Trinajstić information content (AvgIpc) is 2.75. The largest absolute Gasteiger partial charge is 0.389 e. The molecule has 17 heavy (non-hydrogen) atoms. The van der Waals surface area contributed by atoms with Gasteiger partial charge in [-0.2, -0.15) is 0 Å². The number of nitrogens with two attached hydrogens (primary N) is 1. The second-order valence-corrected chi connectivity index (χ2v) is 5.76. The molecule has 0 aromatic carbocycles. The first kappa shape index (κ1) is 12.8. The van der Waals surface area contributed by atoms with Crippen molar-refractivity contribution < 1.29 is 9.90 Å². The first-order chi connectivity index (χ1) is 8.09. The summed E-state index contributed by atoms with van der Waals surface area (Å²) in [6.45, 7) is 0.707. The van der Waals surface area contributed by atoms with Crippen LogP contribution in [0.3, 0.4) is 0 Å². The minimum absolute atomic E-state index is 0.0719. The summed E-state index contributed by atoms with van der Waals surface area (Å²) in [5.74, 6) is -0.0829. The zero-order chi connectivity index (χ0) is 12.3. The molecule has 0 heterocycles. The monoisotopic (exact) mass is 240 g/mol. The van der Waals surface area contributed by atoms with E-state index in [1.54, 1.807) is 0 Å². The third-order valence-corrected chi connectivity index (χ3v) is 4.38. The van der Waals surface area contributed by atoms with Crippen LogP contribution >= 0.6 is 0 Å². The molecule has 4 heteroatoms. The number of primary amides is 1. The van der Waals surface area contributed by atoms with Gasteiger partial charge in [-0.25, -0.2) is 0 Å². The van der Waals surface area contributed by atoms with E-state index in [1.165, 1.54) is 0 Å². The molecule has 0 saturated heterocycles. The topological polar surface area (TPSA) is 75.4 Å². The van der Waals surface area contributed by atoms with Gasteiger partial charge in [-0.1, -0.05) is 12.8 Å². The lowest BCUT2D eigenvalue weighted by Crippen LogP contribution is -2.44. The zero-order valence-corrected chi connectivity index (χ0v) is 10.5. The maximum Gasteiger partial charge on any atom is 0.220 e. The molecule has 1 amide bonds. The molecule has 0 bridgehead atoms. The SMILES string of the molecule is NC(=O)C1CCC(NCC2(O)CCCC2)CC1. The number of carbonyl (C=O) groups excluding carboxylic acids is 1. The molecule has 0 aromatic heterocycles. The van der Waals surface area contributed by atoms with Gasteiger partial charge in [0.05, 0.1) is 5.60 Å². The summed E-state index contributed by atoms with van der Waals surface area (Å²) in [5, 5.41) is 13.7. The minimum Gasteiger partial charge on any atom is -0.389 e. The molecular formula is C13H24N2O2. The normalized spacial score (nSPS) is 32.5. The Morgan fingerprint density at radius 2 is 1.82 bits per heavy atom. The van der Waals surface area contributed by atoms with Gasteiger partial charge < -0.3 is 16.2 Å². The van der Waals surface area contributed by atoms with E-state index < -0.39 is 5.60 Å². The highest BCUT2D eigenvalue weighted by Gasteiger charge is 2.32. The third-order valence-electron chi connectivity index (χ3n) is 4.38. The maximum atomic E-state index is 11.0. The molecule has 2 fully saturated rings. The van der Waals surface area contributed by atoms with E-state index in [2.05, 4.69) is 5.32 Å². The van der Waals surface area contributed by atoms with Crippen molar-refractivity contribution in [3.05, 3.63) is 0 Å². The Balaban J connectivity index is 1.69. The van der Waals surface area contributed by atoms with E-state index in [4.69, 9.17) is 5.73 Å². The van der Waals surface area contributed by atoms with Gasteiger partial charge in [0, 0.05) is 18.5 Å². The molecule has 98 valence electrons. The van der Waals surface area contributed by atoms with Crippen LogP contribution in [-0.4, -0.2) is 29.2 Å². The highest BCUT2D eigenvalue weighted by molar-refractivity contribution is 5.76. The summed E-state index contributed by atoms with van der Waals surface area (Å²) in [4.78, 5) is 11.0. The third kappa shape index (κ3) is 3.42. The molecule has 0 radical (unpaired) electrons. The van der Waals surface area contributed by atoms with E-state index >= 15 is 0 Å². The van der Waals surface area contributed by atoms with E-state index in [0.29, 0.717) is 12.6 Å². The number of rotatable bonds is 4. The van der Waals surface area contributed by atoms with E-state index in [-0.39, 0.29) is 11.8 Å². The standard InChI is InChI=1S/C13H24N2O2/c14-12(16)10-3-5-11(6-4-10)15-9-13(17)7-1-2-8-13/h10-11,15,17H,1-9H2,(H2,14,16). The van der Waals surface area contributed by atoms with Crippen molar-refractivity contribution >= 4 is 5.91 Å². The number of hydrogen-bond acceptors (Lipinski definition) is 3. The Morgan fingerprint density at radius 3 is 2.35 bits per heavy atom. The van der Waals surface area contributed by atoms with E-state index in [1.807, 2.05) is 0 Å². The zero-order valence-electron chi connectivity index (χ0n) is 10.5. The smallest absolute Gasteiger partial charge is 0.220 e. The van der Waals surface area contributed by atoms with Crippen LogP contribution in [0.4, 0.5) is 0 Å². The van der Waals surface area contributed by atoms with Crippen LogP contribution in [0.1, 0.15) is 51.4 Å². The lowest BCUT2D eigenvalue weighted by Gasteiger charge is -2.31. The van der Waals surface area contributed by atoms with E-state index in [0.717, 1.165) is 51.4 Å². The quantitative estimate of drug-likeness (QED) is 0.684. The fourth-order valence-electron chi connectivity index (χ4n) is 3.13. The number of hydrogen-bond donors (Lipinski definition) is 3. The average molecular weight is 240 g/mol. The van der Waals surface area contributed by atoms with Gasteiger partial charge in [0.15, 0.2) is 0 Å². The van der Waals surface area contributed by atoms with Crippen molar-refractivity contribution in [1.82, 2.24) is 5.32 Å². The lowest BCUT2D eigenvalue weighted by atomic mass is 9.85. The van der Waals surface area contributed by atoms with Crippen LogP contribution in [0.25, 0.3) is 0 Å². The highest BCUT2D eigenvalue weighted by Crippen LogP contribution is 2.30. The molecule has 0 aromatic rings. The molecule has 2 rings (SSSR count). The Kier molecular flexibility index (Phi) is 4.05. The van der Waals surface area contributed by atoms with Gasteiger partial charge in [-0.05, 0) is 38.5 Å². The second-order valence-electron chi connectivity index (χ2n) is 5.76. The van der Waals surface area contributed by atoms with Crippen molar-refractivity contribution in [2.75, 3.05) is 6.54 Å². The van der Waals surface area contributed by atoms with Gasteiger partial charge in [-0.3, -0.25) is 4.79 Å². The Hall–Kier alpha value is -0.610. The van der Waals surface area contributed by atoms with Gasteiger partial charge in [0.2, 0.25) is 5.91 Å². The summed E-state index contributed by atoms with van der Waals surface area (Å²) < 4.78 is 0. The first-order valence-corrected chi connectivity index (χ1v) is 6.84. The van der Waals surface area contributed by atoms with Crippen molar-refractivity contribution in [1.29, 1.82) is 0 Å². The molecule has 4 nitrogen and oxygen atoms in total. The summed E-state index contributed by atoms with van der Waals surface area (Å²) in [6, 6.07) is 0.454. The van der Waals surface area contributed by atoms with Crippen LogP contribution < -0.4 is 11.1 Å². The van der Waals surface area contributed by atoms with Crippen LogP contribution in [0.15, 0.2) is 0 Å². The van der Waals surface area contributed by atoms with Crippen LogP contribution in [-0.2, 0) is 4.79 Å². The van der Waals surface area contributed by atoms with Gasteiger partial charge >= 0.3 is 0 Å². The van der Waals surface area contributed by atoms with Crippen LogP contribution in [0, 0.1) is 5.92 Å². The second kappa shape index (κ2) is 5.36. The van der Waals surface area contributed by atoms with Gasteiger partial charge in [0.1, 0.15) is 0 Å². The lowest BCUT2D eigenvalue weighted by molar-refractivity contribution is -0.122. The van der Waals surface area contributed by atoms with Crippen molar-refractivity contribution in [3.63, 3.8) is 0 Å². The van der Waals surface area contributed by atoms with Crippen molar-refractivity contribution in [3.8, 4) is 0 Å². The summed E-state index contributed by atoms with van der Waals surface area (Å²) >= 11 is 0. The fourth-order valence-corrected chi connectivity index (χ4v) is 3.13. The Morgan fingerprint density at radius 1 is 1.24 bits per heavy atom. The van der Waals surface area contributed by atoms with Gasteiger partial charge in [-0.15, -0.1) is 0 Å². The minimum atomic E-state index is -0.472. The molecule has 4 N–H and O–H groups in total. The molecule has 2 aliphatic carbocycles. The fraction of sp³-hybridized carbons (Fsp3) is 0.923. The maximum absolute atomic E-state index is 11.0. The molecular weight excluding hydrogens is 216 g/mol. The Labute approximate surface area is 103 Å². The first-order valence-electron chi connectivity index (χ1n) is 6.84. The van der Waals surface area contributed by atoms with Crippen LogP contribution in [0.5, 0.6) is 0 Å². The predicted molar refractivity (Wildman–Crippen MR) is 66.4 cm³/mol. The number of amides is 1. The summed E-state index contributed by atoms with van der Waals surface area (Å²) in [5.41, 5.74) is 4.84. The van der Waals surface area contributed by atoms with Crippen molar-refractivity contribution in [2.24, 2.45) is 11.7 Å². The molecule has 2 saturated carbocycles. The molecule has 0 atom stereocenters. The summed E-state index contributed by atoms with van der Waals surface area (Å²) in [6.07, 6.45) is 7.94. The van der Waals surface area contributed by atoms with Crippen molar-refractivity contribution in [2.45, 2.75) is 63.0 Å². The number of aliphatic hydroxyl groups is 1. The van der Waals surface area contributed by atoms with E-state index in [9.17, 15) is 9.90 Å². The highest BCUT2D eigenvalue weighted by atomic mass is 16.3. The summed E-state index contributed by atoms with van der Waals surface area (Å²) in [7, 11) is 0. The Bertz CT molecular complexity index is 267. The number of carbonyl (C=O) groups is 1. The predicted octanol–water partition coefficient (Wildman–Crippen LogP) is 0.925.